The number of benzene rings is 1. The molecule has 3 rings (SSSR count). The molecule has 0 saturated carbocycles. The van der Waals surface area contributed by atoms with Crippen molar-refractivity contribution < 1.29 is 19.1 Å². The highest BCUT2D eigenvalue weighted by Gasteiger charge is 2.33. The van der Waals surface area contributed by atoms with E-state index in [1.807, 2.05) is 24.3 Å². The molecule has 160 valence electrons. The Labute approximate surface area is 176 Å². The van der Waals surface area contributed by atoms with Gasteiger partial charge >= 0.3 is 12.0 Å². The molecule has 2 N–H and O–H groups in total. The van der Waals surface area contributed by atoms with Gasteiger partial charge < -0.3 is 10.1 Å². The molecule has 0 aliphatic heterocycles. The Kier molecular flexibility index (Phi) is 6.10. The van der Waals surface area contributed by atoms with Crippen LogP contribution in [0, 0.1) is 11.3 Å². The number of imide groups is 1. The van der Waals surface area contributed by atoms with Gasteiger partial charge in [-0.15, -0.1) is 0 Å². The van der Waals surface area contributed by atoms with Crippen LogP contribution in [0.4, 0.5) is 4.79 Å². The summed E-state index contributed by atoms with van der Waals surface area (Å²) in [7, 11) is 1.40. The number of carbonyl (C=O) groups is 3. The first-order valence-electron chi connectivity index (χ1n) is 10.3. The van der Waals surface area contributed by atoms with Gasteiger partial charge in [0.05, 0.1) is 11.1 Å². The van der Waals surface area contributed by atoms with E-state index >= 15 is 0 Å². The third-order valence-electron chi connectivity index (χ3n) is 5.80. The summed E-state index contributed by atoms with van der Waals surface area (Å²) in [4.78, 5) is 41.6. The van der Waals surface area contributed by atoms with Crippen LogP contribution >= 0.6 is 0 Å². The molecule has 0 saturated heterocycles. The van der Waals surface area contributed by atoms with Gasteiger partial charge in [-0.2, -0.15) is 0 Å². The Balaban J connectivity index is 1.98. The van der Waals surface area contributed by atoms with Crippen LogP contribution < -0.4 is 10.6 Å². The van der Waals surface area contributed by atoms with Crippen LogP contribution in [0.1, 0.15) is 55.7 Å². The molecular weight excluding hydrogens is 382 g/mol. The number of amides is 3. The van der Waals surface area contributed by atoms with Crippen LogP contribution in [-0.2, 0) is 22.4 Å². The maximum absolute atomic E-state index is 13.2. The highest BCUT2D eigenvalue weighted by Crippen LogP contribution is 2.39. The summed E-state index contributed by atoms with van der Waals surface area (Å²) >= 11 is 0. The van der Waals surface area contributed by atoms with Crippen molar-refractivity contribution in [2.24, 2.45) is 11.3 Å². The van der Waals surface area contributed by atoms with E-state index in [4.69, 9.17) is 9.72 Å². The first-order valence-corrected chi connectivity index (χ1v) is 10.3. The van der Waals surface area contributed by atoms with Crippen LogP contribution in [0.2, 0.25) is 0 Å². The highest BCUT2D eigenvalue weighted by molar-refractivity contribution is 6.06. The first-order chi connectivity index (χ1) is 14.1. The summed E-state index contributed by atoms with van der Waals surface area (Å²) in [6.07, 6.45) is 1.44. The molecule has 7 heteroatoms. The minimum Gasteiger partial charge on any atom is -0.449 e. The maximum atomic E-state index is 13.2. The SMILES string of the molecule is CNC(=O)NC(=O)[C@@H](C)OC(=O)c1c2c(nc3ccccc13)CC[C@H](C(C)(C)C)C2. The number of hydrogen-bond donors (Lipinski definition) is 2. The Morgan fingerprint density at radius 2 is 1.90 bits per heavy atom. The Hall–Kier alpha value is -2.96. The Morgan fingerprint density at radius 1 is 1.20 bits per heavy atom. The van der Waals surface area contributed by atoms with E-state index in [1.165, 1.54) is 14.0 Å². The molecule has 30 heavy (non-hydrogen) atoms. The number of rotatable bonds is 3. The quantitative estimate of drug-likeness (QED) is 0.755. The van der Waals surface area contributed by atoms with E-state index < -0.39 is 24.0 Å². The standard InChI is InChI=1S/C23H29N3O4/c1-13(20(27)26-22(29)24-5)30-21(28)19-15-8-6-7-9-17(15)25-18-11-10-14(12-16(18)19)23(2,3)4/h6-9,13-14H,10-12H2,1-5H3,(H2,24,26,27,29)/t13-,14+/m1/s1. The third kappa shape index (κ3) is 4.45. The van der Waals surface area contributed by atoms with Crippen LogP contribution in [0.25, 0.3) is 10.9 Å². The summed E-state index contributed by atoms with van der Waals surface area (Å²) in [5.74, 6) is -0.838. The number of aryl methyl sites for hydroxylation is 1. The molecule has 7 nitrogen and oxygen atoms in total. The molecule has 1 aromatic heterocycles. The van der Waals surface area contributed by atoms with Crippen molar-refractivity contribution in [3.05, 3.63) is 41.1 Å². The molecule has 1 heterocycles. The Morgan fingerprint density at radius 3 is 2.57 bits per heavy atom. The van der Waals surface area contributed by atoms with Crippen molar-refractivity contribution in [1.29, 1.82) is 0 Å². The zero-order chi connectivity index (χ0) is 22.1. The van der Waals surface area contributed by atoms with Crippen LogP contribution in [0.5, 0.6) is 0 Å². The highest BCUT2D eigenvalue weighted by atomic mass is 16.5. The molecule has 0 radical (unpaired) electrons. The fourth-order valence-electron chi connectivity index (χ4n) is 3.91. The molecule has 1 aliphatic rings. The fraction of sp³-hybridized carbons (Fsp3) is 0.478. The predicted octanol–water partition coefficient (Wildman–Crippen LogP) is 3.39. The number of ether oxygens (including phenoxy) is 1. The number of nitrogens with zero attached hydrogens (tertiary/aromatic N) is 1. The van der Waals surface area contributed by atoms with Crippen LogP contribution in [0.15, 0.2) is 24.3 Å². The van der Waals surface area contributed by atoms with Gasteiger partial charge in [0, 0.05) is 18.1 Å². The number of pyridine rings is 1. The summed E-state index contributed by atoms with van der Waals surface area (Å²) < 4.78 is 5.48. The third-order valence-corrected chi connectivity index (χ3v) is 5.80. The molecule has 1 aliphatic carbocycles. The van der Waals surface area contributed by atoms with E-state index in [0.717, 1.165) is 41.4 Å². The zero-order valence-corrected chi connectivity index (χ0v) is 18.2. The monoisotopic (exact) mass is 411 g/mol. The second-order valence-corrected chi connectivity index (χ2v) is 8.85. The van der Waals surface area contributed by atoms with Gasteiger partial charge in [0.25, 0.3) is 5.91 Å². The number of fused-ring (bicyclic) bond motifs is 2. The second-order valence-electron chi connectivity index (χ2n) is 8.85. The van der Waals surface area contributed by atoms with Crippen molar-refractivity contribution in [3.8, 4) is 0 Å². The molecular formula is C23H29N3O4. The molecule has 0 fully saturated rings. The van der Waals surface area contributed by atoms with Gasteiger partial charge in [0.1, 0.15) is 0 Å². The van der Waals surface area contributed by atoms with Crippen molar-refractivity contribution in [3.63, 3.8) is 0 Å². The fourth-order valence-corrected chi connectivity index (χ4v) is 3.91. The maximum Gasteiger partial charge on any atom is 0.339 e. The zero-order valence-electron chi connectivity index (χ0n) is 18.2. The minimum absolute atomic E-state index is 0.102. The summed E-state index contributed by atoms with van der Waals surface area (Å²) in [6.45, 7) is 8.07. The number of para-hydroxylation sites is 1. The lowest BCUT2D eigenvalue weighted by Crippen LogP contribution is -2.43. The molecule has 2 atom stereocenters. The number of hydrogen-bond acceptors (Lipinski definition) is 5. The summed E-state index contributed by atoms with van der Waals surface area (Å²) in [5, 5.41) is 5.15. The smallest absolute Gasteiger partial charge is 0.339 e. The van der Waals surface area contributed by atoms with E-state index in [1.54, 1.807) is 0 Å². The van der Waals surface area contributed by atoms with Crippen LogP contribution in [0.3, 0.4) is 0 Å². The van der Waals surface area contributed by atoms with Gasteiger partial charge in [-0.3, -0.25) is 15.1 Å². The second kappa shape index (κ2) is 8.42. The molecule has 3 amide bonds. The van der Waals surface area contributed by atoms with Gasteiger partial charge in [-0.05, 0) is 49.1 Å². The van der Waals surface area contributed by atoms with Gasteiger partial charge in [0.2, 0.25) is 0 Å². The number of esters is 1. The number of urea groups is 1. The van der Waals surface area contributed by atoms with Crippen molar-refractivity contribution in [2.45, 2.75) is 53.1 Å². The van der Waals surface area contributed by atoms with Crippen LogP contribution in [-0.4, -0.2) is 36.0 Å². The van der Waals surface area contributed by atoms with Crippen molar-refractivity contribution in [1.82, 2.24) is 15.6 Å². The number of nitrogens with one attached hydrogen (secondary N) is 2. The molecule has 0 spiro atoms. The lowest BCUT2D eigenvalue weighted by Gasteiger charge is -2.35. The largest absolute Gasteiger partial charge is 0.449 e. The predicted molar refractivity (Wildman–Crippen MR) is 114 cm³/mol. The van der Waals surface area contributed by atoms with E-state index in [2.05, 4.69) is 31.4 Å². The lowest BCUT2D eigenvalue weighted by molar-refractivity contribution is -0.127. The Bertz CT molecular complexity index is 994. The molecule has 0 bridgehead atoms. The molecule has 1 aromatic carbocycles. The molecule has 0 unspecified atom stereocenters. The van der Waals surface area contributed by atoms with Crippen molar-refractivity contribution >= 4 is 28.8 Å². The lowest BCUT2D eigenvalue weighted by atomic mass is 9.70. The van der Waals surface area contributed by atoms with Gasteiger partial charge in [0.15, 0.2) is 6.10 Å². The number of carbonyl (C=O) groups excluding carboxylic acids is 3. The molecule has 2 aromatic rings. The summed E-state index contributed by atoms with van der Waals surface area (Å²) in [5.41, 5.74) is 3.14. The van der Waals surface area contributed by atoms with E-state index in [0.29, 0.717) is 11.5 Å². The topological polar surface area (TPSA) is 97.4 Å². The average Bonchev–Trinajstić information content (AvgIpc) is 2.70. The number of aromatic nitrogens is 1. The first kappa shape index (κ1) is 21.7. The average molecular weight is 412 g/mol. The van der Waals surface area contributed by atoms with E-state index in [-0.39, 0.29) is 5.41 Å². The summed E-state index contributed by atoms with van der Waals surface area (Å²) in [6, 6.07) is 6.83. The van der Waals surface area contributed by atoms with Gasteiger partial charge in [-0.25, -0.2) is 9.59 Å². The van der Waals surface area contributed by atoms with Crippen molar-refractivity contribution in [2.75, 3.05) is 7.05 Å². The van der Waals surface area contributed by atoms with Gasteiger partial charge in [-0.1, -0.05) is 39.0 Å². The normalized spacial score (nSPS) is 17.0. The minimum atomic E-state index is -1.11. The van der Waals surface area contributed by atoms with E-state index in [9.17, 15) is 14.4 Å².